The van der Waals surface area contributed by atoms with Crippen LogP contribution in [0.3, 0.4) is 0 Å². The molecule has 6 nitrogen and oxygen atoms in total. The summed E-state index contributed by atoms with van der Waals surface area (Å²) in [6, 6.07) is 12.5. The van der Waals surface area contributed by atoms with Gasteiger partial charge in [0.25, 0.3) is 0 Å². The van der Waals surface area contributed by atoms with Gasteiger partial charge in [0.05, 0.1) is 23.6 Å². The molecule has 0 amide bonds. The second kappa shape index (κ2) is 13.9. The second-order valence-corrected chi connectivity index (χ2v) is 9.22. The Morgan fingerprint density at radius 3 is 1.46 bits per heavy atom. The summed E-state index contributed by atoms with van der Waals surface area (Å²) in [5.41, 5.74) is 10.5. The fourth-order valence-electron chi connectivity index (χ4n) is 4.32. The van der Waals surface area contributed by atoms with Crippen molar-refractivity contribution >= 4 is 0 Å². The van der Waals surface area contributed by atoms with E-state index in [0.717, 1.165) is 56.3 Å². The Balaban J connectivity index is 0.000000351. The van der Waals surface area contributed by atoms with E-state index in [1.54, 1.807) is 14.0 Å². The van der Waals surface area contributed by atoms with Crippen molar-refractivity contribution in [3.8, 4) is 22.3 Å². The van der Waals surface area contributed by atoms with Crippen LogP contribution in [0.4, 0.5) is 0 Å². The number of methoxy groups -OCH3 is 1. The molecule has 2 aromatic carbocycles. The predicted octanol–water partition coefficient (Wildman–Crippen LogP) is 7.74. The summed E-state index contributed by atoms with van der Waals surface area (Å²) < 4.78 is 15.8. The molecule has 2 unspecified atom stereocenters. The minimum absolute atomic E-state index is 0. The van der Waals surface area contributed by atoms with Gasteiger partial charge in [-0.1, -0.05) is 45.7 Å². The monoisotopic (exact) mass is 675 g/mol. The van der Waals surface area contributed by atoms with E-state index in [1.165, 1.54) is 11.1 Å². The maximum absolute atomic E-state index is 9.67. The number of hydrogen-bond acceptors (Lipinski definition) is 6. The molecule has 2 aromatic heterocycles. The number of aliphatic hydroxyl groups excluding tert-OH is 1. The first-order chi connectivity index (χ1) is 16.5. The summed E-state index contributed by atoms with van der Waals surface area (Å²) in [5.74, 6) is 1.67. The molecular formula is C30H39N2O4W-. The maximum atomic E-state index is 9.67. The van der Waals surface area contributed by atoms with Crippen LogP contribution < -0.4 is 0 Å². The van der Waals surface area contributed by atoms with Crippen LogP contribution in [0, 0.1) is 49.0 Å². The molecule has 0 spiro atoms. The first-order valence-corrected chi connectivity index (χ1v) is 11.8. The third kappa shape index (κ3) is 7.73. The number of aliphatic hydroxyl groups is 1. The van der Waals surface area contributed by atoms with E-state index in [9.17, 15) is 5.11 Å². The van der Waals surface area contributed by atoms with Gasteiger partial charge >= 0.3 is 0 Å². The van der Waals surface area contributed by atoms with Gasteiger partial charge in [-0.05, 0) is 89.8 Å². The van der Waals surface area contributed by atoms with Gasteiger partial charge in [-0.2, -0.15) is 0 Å². The molecule has 1 N–H and O–H groups in total. The fourth-order valence-corrected chi connectivity index (χ4v) is 4.32. The molecule has 2 heterocycles. The van der Waals surface area contributed by atoms with Crippen LogP contribution in [0.1, 0.15) is 71.2 Å². The van der Waals surface area contributed by atoms with Gasteiger partial charge in [0, 0.05) is 39.3 Å². The number of ether oxygens (including phenoxy) is 1. The van der Waals surface area contributed by atoms with E-state index < -0.39 is 6.10 Å². The molecule has 7 heteroatoms. The second-order valence-electron chi connectivity index (χ2n) is 9.22. The Hall–Kier alpha value is -2.53. The van der Waals surface area contributed by atoms with Crippen LogP contribution in [0.25, 0.3) is 22.3 Å². The third-order valence-electron chi connectivity index (χ3n) is 6.15. The zero-order valence-electron chi connectivity index (χ0n) is 23.6. The van der Waals surface area contributed by atoms with Crippen LogP contribution >= 0.6 is 0 Å². The molecule has 2 atom stereocenters. The van der Waals surface area contributed by atoms with Gasteiger partial charge < -0.3 is 26.3 Å². The predicted molar refractivity (Wildman–Crippen MR) is 145 cm³/mol. The van der Waals surface area contributed by atoms with Crippen molar-refractivity contribution in [2.24, 2.45) is 0 Å². The van der Waals surface area contributed by atoms with Crippen molar-refractivity contribution in [2.45, 2.75) is 67.6 Å². The average molecular weight is 675 g/mol. The molecule has 0 fully saturated rings. The van der Waals surface area contributed by atoms with Gasteiger partial charge in [-0.25, -0.2) is 0 Å². The molecule has 0 radical (unpaired) electrons. The number of rotatable bonds is 5. The van der Waals surface area contributed by atoms with Crippen LogP contribution in [0.2, 0.25) is 0 Å². The van der Waals surface area contributed by atoms with Crippen LogP contribution in [0.5, 0.6) is 0 Å². The molecule has 4 rings (SSSR count). The molecule has 0 saturated carbocycles. The Morgan fingerprint density at radius 2 is 1.11 bits per heavy atom. The van der Waals surface area contributed by atoms with Crippen molar-refractivity contribution in [2.75, 3.05) is 7.11 Å². The molecule has 0 saturated heterocycles. The number of aryl methyl sites for hydroxylation is 6. The molecule has 0 aliphatic carbocycles. The molecular weight excluding hydrogens is 636 g/mol. The summed E-state index contributed by atoms with van der Waals surface area (Å²) in [4.78, 5) is 0. The Bertz CT molecular complexity index is 1270. The summed E-state index contributed by atoms with van der Waals surface area (Å²) in [7, 11) is 1.72. The first-order valence-electron chi connectivity index (χ1n) is 11.8. The minimum atomic E-state index is -0.464. The third-order valence-corrected chi connectivity index (χ3v) is 6.15. The van der Waals surface area contributed by atoms with Gasteiger partial charge in [0.2, 0.25) is 0 Å². The summed E-state index contributed by atoms with van der Waals surface area (Å²) in [6.07, 6.45) is -0.377. The Labute approximate surface area is 235 Å². The van der Waals surface area contributed by atoms with Gasteiger partial charge in [-0.15, -0.1) is 0 Å². The molecule has 4 aromatic rings. The van der Waals surface area contributed by atoms with Crippen LogP contribution in [0.15, 0.2) is 45.4 Å². The van der Waals surface area contributed by atoms with E-state index in [4.69, 9.17) is 13.8 Å². The van der Waals surface area contributed by atoms with E-state index in [1.807, 2.05) is 53.7 Å². The standard InChI is InChI=1S/C15H19NO2.C14H17NO2.CH3.W/c1-9-6-13(11(3)17-5)8-14(7-9)15-10(2)16-18-12(15)4;1-8-5-12(10(3)16)7-13(6-8)14-9(2)15-17-11(14)4;;/h6-8,11H,1-5H3;5-7,10,16H,1-4H3;1H3;/q;;-1;. The summed E-state index contributed by atoms with van der Waals surface area (Å²) in [5, 5.41) is 17.6. The SMILES string of the molecule is COC(C)c1cc(C)cc(-c2c(C)noc2C)c1.Cc1cc(-c2c(C)noc2C)cc(C(C)O)c1.[CH3-].[W]. The fraction of sp³-hybridized carbons (Fsp3) is 0.367. The first kappa shape index (κ1) is 32.5. The van der Waals surface area contributed by atoms with Crippen molar-refractivity contribution < 1.29 is 40.0 Å². The molecule has 37 heavy (non-hydrogen) atoms. The quantitative estimate of drug-likeness (QED) is 0.218. The smallest absolute Gasteiger partial charge is 0.141 e. The molecule has 0 aliphatic heterocycles. The normalized spacial score (nSPS) is 12.1. The minimum Gasteiger partial charge on any atom is -0.389 e. The molecule has 0 aliphatic rings. The maximum Gasteiger partial charge on any atom is 0.141 e. The number of benzene rings is 2. The van der Waals surface area contributed by atoms with Gasteiger partial charge in [-0.3, -0.25) is 0 Å². The van der Waals surface area contributed by atoms with Crippen molar-refractivity contribution in [1.82, 2.24) is 10.3 Å². The van der Waals surface area contributed by atoms with Gasteiger partial charge in [0.1, 0.15) is 11.5 Å². The Morgan fingerprint density at radius 1 is 0.703 bits per heavy atom. The van der Waals surface area contributed by atoms with E-state index in [0.29, 0.717) is 0 Å². The van der Waals surface area contributed by atoms with Gasteiger partial charge in [0.15, 0.2) is 0 Å². The zero-order chi connectivity index (χ0) is 25.9. The number of hydrogen-bond donors (Lipinski definition) is 1. The molecule has 200 valence electrons. The van der Waals surface area contributed by atoms with Crippen molar-refractivity contribution in [3.63, 3.8) is 0 Å². The van der Waals surface area contributed by atoms with Crippen molar-refractivity contribution in [1.29, 1.82) is 0 Å². The average Bonchev–Trinajstić information content (AvgIpc) is 3.32. The van der Waals surface area contributed by atoms with E-state index >= 15 is 0 Å². The summed E-state index contributed by atoms with van der Waals surface area (Å²) in [6.45, 7) is 15.7. The largest absolute Gasteiger partial charge is 0.389 e. The topological polar surface area (TPSA) is 81.5 Å². The zero-order valence-corrected chi connectivity index (χ0v) is 26.5. The van der Waals surface area contributed by atoms with E-state index in [2.05, 4.69) is 41.5 Å². The van der Waals surface area contributed by atoms with Crippen LogP contribution in [-0.4, -0.2) is 22.5 Å². The number of nitrogens with zero attached hydrogens (tertiary/aromatic N) is 2. The number of aromatic nitrogens is 2. The van der Waals surface area contributed by atoms with Crippen LogP contribution in [-0.2, 0) is 25.8 Å². The summed E-state index contributed by atoms with van der Waals surface area (Å²) >= 11 is 0. The van der Waals surface area contributed by atoms with E-state index in [-0.39, 0.29) is 34.6 Å². The molecule has 0 bridgehead atoms. The Kier molecular flexibility index (Phi) is 12.2. The van der Waals surface area contributed by atoms with Crippen molar-refractivity contribution in [3.05, 3.63) is 89.0 Å².